The van der Waals surface area contributed by atoms with E-state index >= 15 is 0 Å². The van der Waals surface area contributed by atoms with Crippen molar-refractivity contribution in [1.29, 1.82) is 0 Å². The fourth-order valence-corrected chi connectivity index (χ4v) is 1.68. The fraction of sp³-hybridized carbons (Fsp3) is 0.176. The van der Waals surface area contributed by atoms with Crippen LogP contribution >= 0.6 is 0 Å². The molecule has 0 saturated heterocycles. The lowest BCUT2D eigenvalue weighted by molar-refractivity contribution is -0.120. The number of rotatable bonds is 6. The molecule has 0 spiro atoms. The zero-order valence-electron chi connectivity index (χ0n) is 11.7. The molecule has 0 bridgehead atoms. The average molecular weight is 284 g/mol. The van der Waals surface area contributed by atoms with E-state index in [9.17, 15) is 9.59 Å². The average Bonchev–Trinajstić information content (AvgIpc) is 2.52. The van der Waals surface area contributed by atoms with E-state index in [0.29, 0.717) is 17.9 Å². The monoisotopic (exact) mass is 284 g/mol. The summed E-state index contributed by atoms with van der Waals surface area (Å²) in [5.74, 6) is -0.0343. The van der Waals surface area contributed by atoms with Crippen LogP contribution in [0.5, 0.6) is 5.75 Å². The molecule has 2 aromatic rings. The van der Waals surface area contributed by atoms with Gasteiger partial charge in [0.1, 0.15) is 19.0 Å². The maximum Gasteiger partial charge on any atom is 0.338 e. The molecule has 0 heterocycles. The topological polar surface area (TPSA) is 52.6 Å². The maximum absolute atomic E-state index is 11.6. The third-order valence-electron chi connectivity index (χ3n) is 2.74. The summed E-state index contributed by atoms with van der Waals surface area (Å²) in [5.41, 5.74) is 1.46. The molecule has 0 amide bonds. The summed E-state index contributed by atoms with van der Waals surface area (Å²) in [5, 5.41) is 0. The highest BCUT2D eigenvalue weighted by Crippen LogP contribution is 2.14. The van der Waals surface area contributed by atoms with Crippen molar-refractivity contribution in [3.8, 4) is 5.75 Å². The van der Waals surface area contributed by atoms with Crippen molar-refractivity contribution >= 4 is 11.8 Å². The number of ether oxygens (including phenoxy) is 2. The van der Waals surface area contributed by atoms with E-state index in [1.54, 1.807) is 24.3 Å². The SMILES string of the molecule is CC(=O)COC(=O)c1ccc(OCc2ccccc2)cc1. The Morgan fingerprint density at radius 2 is 1.62 bits per heavy atom. The molecule has 0 aliphatic carbocycles. The Morgan fingerprint density at radius 1 is 0.952 bits per heavy atom. The minimum Gasteiger partial charge on any atom is -0.489 e. The molecule has 4 heteroatoms. The molecule has 0 aliphatic heterocycles. The summed E-state index contributed by atoms with van der Waals surface area (Å²) in [6.45, 7) is 1.63. The van der Waals surface area contributed by atoms with Crippen molar-refractivity contribution in [2.24, 2.45) is 0 Å². The summed E-state index contributed by atoms with van der Waals surface area (Å²) in [6, 6.07) is 16.4. The Kier molecular flexibility index (Phi) is 5.10. The highest BCUT2D eigenvalue weighted by atomic mass is 16.5. The molecule has 21 heavy (non-hydrogen) atoms. The van der Waals surface area contributed by atoms with Crippen LogP contribution in [0.25, 0.3) is 0 Å². The van der Waals surface area contributed by atoms with Gasteiger partial charge in [-0.1, -0.05) is 30.3 Å². The third-order valence-corrected chi connectivity index (χ3v) is 2.74. The molecular weight excluding hydrogens is 268 g/mol. The quantitative estimate of drug-likeness (QED) is 0.765. The van der Waals surface area contributed by atoms with Crippen LogP contribution in [0.1, 0.15) is 22.8 Å². The predicted octanol–water partition coefficient (Wildman–Crippen LogP) is 3.01. The molecule has 0 atom stereocenters. The molecule has 4 nitrogen and oxygen atoms in total. The summed E-state index contributed by atoms with van der Waals surface area (Å²) in [6.07, 6.45) is 0. The smallest absolute Gasteiger partial charge is 0.338 e. The lowest BCUT2D eigenvalue weighted by Gasteiger charge is -2.07. The van der Waals surface area contributed by atoms with Crippen molar-refractivity contribution in [2.75, 3.05) is 6.61 Å². The molecule has 2 aromatic carbocycles. The van der Waals surface area contributed by atoms with Crippen LogP contribution in [0.15, 0.2) is 54.6 Å². The Morgan fingerprint density at radius 3 is 2.24 bits per heavy atom. The Hall–Kier alpha value is -2.62. The van der Waals surface area contributed by atoms with Crippen molar-refractivity contribution in [1.82, 2.24) is 0 Å². The molecule has 0 fully saturated rings. The number of carbonyl (C=O) groups is 2. The van der Waals surface area contributed by atoms with Crippen molar-refractivity contribution in [3.05, 3.63) is 65.7 Å². The second kappa shape index (κ2) is 7.24. The van der Waals surface area contributed by atoms with Gasteiger partial charge in [0.25, 0.3) is 0 Å². The van der Waals surface area contributed by atoms with Crippen molar-refractivity contribution in [3.63, 3.8) is 0 Å². The second-order valence-corrected chi connectivity index (χ2v) is 4.58. The summed E-state index contributed by atoms with van der Waals surface area (Å²) < 4.78 is 10.4. The van der Waals surface area contributed by atoms with Crippen LogP contribution in [0.3, 0.4) is 0 Å². The van der Waals surface area contributed by atoms with Crippen LogP contribution in [0.2, 0.25) is 0 Å². The number of esters is 1. The van der Waals surface area contributed by atoms with Gasteiger partial charge in [-0.05, 0) is 36.8 Å². The highest BCUT2D eigenvalue weighted by molar-refractivity contribution is 5.91. The van der Waals surface area contributed by atoms with Gasteiger partial charge in [-0.3, -0.25) is 4.79 Å². The van der Waals surface area contributed by atoms with Gasteiger partial charge in [0, 0.05) is 0 Å². The lowest BCUT2D eigenvalue weighted by atomic mass is 10.2. The molecule has 0 unspecified atom stereocenters. The van der Waals surface area contributed by atoms with Gasteiger partial charge in [-0.25, -0.2) is 4.79 Å². The minimum absolute atomic E-state index is 0.189. The number of ketones is 1. The van der Waals surface area contributed by atoms with E-state index in [1.165, 1.54) is 6.92 Å². The number of hydrogen-bond acceptors (Lipinski definition) is 4. The van der Waals surface area contributed by atoms with Gasteiger partial charge in [0.15, 0.2) is 5.78 Å². The Bertz CT molecular complexity index is 602. The summed E-state index contributed by atoms with van der Waals surface area (Å²) in [4.78, 5) is 22.4. The fourth-order valence-electron chi connectivity index (χ4n) is 1.68. The second-order valence-electron chi connectivity index (χ2n) is 4.58. The molecule has 0 aliphatic rings. The number of hydrogen-bond donors (Lipinski definition) is 0. The molecule has 2 rings (SSSR count). The van der Waals surface area contributed by atoms with Crippen molar-refractivity contribution in [2.45, 2.75) is 13.5 Å². The molecule has 108 valence electrons. The van der Waals surface area contributed by atoms with E-state index in [4.69, 9.17) is 9.47 Å². The highest BCUT2D eigenvalue weighted by Gasteiger charge is 2.08. The first kappa shape index (κ1) is 14.8. The van der Waals surface area contributed by atoms with E-state index in [2.05, 4.69) is 0 Å². The Labute approximate surface area is 123 Å². The van der Waals surface area contributed by atoms with Crippen molar-refractivity contribution < 1.29 is 19.1 Å². The van der Waals surface area contributed by atoms with Gasteiger partial charge in [-0.15, -0.1) is 0 Å². The van der Waals surface area contributed by atoms with Crippen LogP contribution in [-0.4, -0.2) is 18.4 Å². The first-order valence-electron chi connectivity index (χ1n) is 6.58. The zero-order valence-corrected chi connectivity index (χ0v) is 11.7. The first-order chi connectivity index (χ1) is 10.1. The minimum atomic E-state index is -0.514. The van der Waals surface area contributed by atoms with Crippen LogP contribution in [-0.2, 0) is 16.1 Å². The zero-order chi connectivity index (χ0) is 15.1. The van der Waals surface area contributed by atoms with Gasteiger partial charge >= 0.3 is 5.97 Å². The summed E-state index contributed by atoms with van der Waals surface area (Å²) >= 11 is 0. The van der Waals surface area contributed by atoms with E-state index in [0.717, 1.165) is 5.56 Å². The van der Waals surface area contributed by atoms with Gasteiger partial charge in [0.2, 0.25) is 0 Å². The van der Waals surface area contributed by atoms with Crippen LogP contribution in [0, 0.1) is 0 Å². The first-order valence-corrected chi connectivity index (χ1v) is 6.58. The molecule has 0 saturated carbocycles. The lowest BCUT2D eigenvalue weighted by Crippen LogP contribution is -2.11. The standard InChI is InChI=1S/C17H16O4/c1-13(18)11-21-17(19)15-7-9-16(10-8-15)20-12-14-5-3-2-4-6-14/h2-10H,11-12H2,1H3. The van der Waals surface area contributed by atoms with Gasteiger partial charge < -0.3 is 9.47 Å². The number of benzene rings is 2. The van der Waals surface area contributed by atoms with E-state index < -0.39 is 5.97 Å². The van der Waals surface area contributed by atoms with Gasteiger partial charge in [0.05, 0.1) is 5.56 Å². The normalized spacial score (nSPS) is 9.95. The van der Waals surface area contributed by atoms with E-state index in [-0.39, 0.29) is 12.4 Å². The van der Waals surface area contributed by atoms with Gasteiger partial charge in [-0.2, -0.15) is 0 Å². The maximum atomic E-state index is 11.6. The molecule has 0 aromatic heterocycles. The van der Waals surface area contributed by atoms with Crippen LogP contribution < -0.4 is 4.74 Å². The predicted molar refractivity (Wildman–Crippen MR) is 78.2 cm³/mol. The third kappa shape index (κ3) is 4.76. The molecular formula is C17H16O4. The van der Waals surface area contributed by atoms with E-state index in [1.807, 2.05) is 30.3 Å². The summed E-state index contributed by atoms with van der Waals surface area (Å²) in [7, 11) is 0. The van der Waals surface area contributed by atoms with Crippen LogP contribution in [0.4, 0.5) is 0 Å². The Balaban J connectivity index is 1.89. The molecule has 0 radical (unpaired) electrons. The largest absolute Gasteiger partial charge is 0.489 e. The molecule has 0 N–H and O–H groups in total. The number of Topliss-reactive ketones (excluding diaryl/α,β-unsaturated/α-hetero) is 1. The number of carbonyl (C=O) groups excluding carboxylic acids is 2.